The molecule has 3 rings (SSSR count). The van der Waals surface area contributed by atoms with Crippen LogP contribution < -0.4 is 16.0 Å². The number of halogens is 1. The number of nitrogens with two attached hydrogens (primary N) is 1. The number of amides is 2. The number of hydrogen-bond donors (Lipinski definition) is 2. The molecule has 1 saturated carbocycles. The van der Waals surface area contributed by atoms with Gasteiger partial charge < -0.3 is 16.0 Å². The van der Waals surface area contributed by atoms with Crippen molar-refractivity contribution in [2.24, 2.45) is 17.6 Å². The highest BCUT2D eigenvalue weighted by Gasteiger charge is 2.29. The van der Waals surface area contributed by atoms with Crippen LogP contribution in [-0.4, -0.2) is 36.4 Å². The van der Waals surface area contributed by atoms with Gasteiger partial charge in [0.1, 0.15) is 5.82 Å². The van der Waals surface area contributed by atoms with Crippen molar-refractivity contribution in [1.82, 2.24) is 10.3 Å². The van der Waals surface area contributed by atoms with E-state index >= 15 is 0 Å². The van der Waals surface area contributed by atoms with Crippen LogP contribution >= 0.6 is 11.6 Å². The summed E-state index contributed by atoms with van der Waals surface area (Å²) in [5, 5.41) is 3.43. The van der Waals surface area contributed by atoms with Crippen molar-refractivity contribution in [2.45, 2.75) is 25.7 Å². The lowest BCUT2D eigenvalue weighted by Crippen LogP contribution is -2.44. The van der Waals surface area contributed by atoms with E-state index in [0.717, 1.165) is 25.9 Å². The first-order chi connectivity index (χ1) is 11.0. The van der Waals surface area contributed by atoms with Gasteiger partial charge in [0.05, 0.1) is 16.5 Å². The lowest BCUT2D eigenvalue weighted by molar-refractivity contribution is -0.125. The fourth-order valence-corrected chi connectivity index (χ4v) is 3.18. The standard InChI is InChI=1S/C16H21ClN4O2/c17-13-6-12(14(18)22)8-19-15(13)21-5-1-2-11(9-21)16(23)20-7-10-3-4-10/h6,8,10-11H,1-5,7,9H2,(H2,18,22)(H,20,23)/t11-/m0/s1. The van der Waals surface area contributed by atoms with Gasteiger partial charge in [0.15, 0.2) is 0 Å². The number of aromatic nitrogens is 1. The van der Waals surface area contributed by atoms with Crippen molar-refractivity contribution in [3.8, 4) is 0 Å². The molecule has 1 saturated heterocycles. The number of nitrogens with zero attached hydrogens (tertiary/aromatic N) is 2. The first-order valence-electron chi connectivity index (χ1n) is 8.02. The molecule has 2 aliphatic rings. The molecule has 0 radical (unpaired) electrons. The fourth-order valence-electron chi connectivity index (χ4n) is 2.89. The van der Waals surface area contributed by atoms with Crippen LogP contribution in [0.1, 0.15) is 36.0 Å². The first kappa shape index (κ1) is 16.1. The van der Waals surface area contributed by atoms with Gasteiger partial charge in [-0.1, -0.05) is 11.6 Å². The molecule has 23 heavy (non-hydrogen) atoms. The largest absolute Gasteiger partial charge is 0.366 e. The van der Waals surface area contributed by atoms with Gasteiger partial charge in [-0.15, -0.1) is 0 Å². The van der Waals surface area contributed by atoms with E-state index in [2.05, 4.69) is 10.3 Å². The summed E-state index contributed by atoms with van der Waals surface area (Å²) in [5.74, 6) is 0.803. The second-order valence-corrected chi connectivity index (χ2v) is 6.77. The number of anilines is 1. The summed E-state index contributed by atoms with van der Waals surface area (Å²) in [6, 6.07) is 1.53. The third-order valence-corrected chi connectivity index (χ3v) is 4.74. The minimum absolute atomic E-state index is 0.0452. The van der Waals surface area contributed by atoms with Crippen LogP contribution in [0.4, 0.5) is 5.82 Å². The Morgan fingerprint density at radius 3 is 2.83 bits per heavy atom. The van der Waals surface area contributed by atoms with E-state index in [9.17, 15) is 9.59 Å². The molecule has 1 atom stereocenters. The molecule has 0 aromatic carbocycles. The number of carbonyl (C=O) groups is 2. The monoisotopic (exact) mass is 336 g/mol. The van der Waals surface area contributed by atoms with Gasteiger partial charge in [-0.2, -0.15) is 0 Å². The Morgan fingerprint density at radius 2 is 2.17 bits per heavy atom. The highest BCUT2D eigenvalue weighted by Crippen LogP contribution is 2.30. The molecule has 7 heteroatoms. The third-order valence-electron chi connectivity index (χ3n) is 4.46. The average Bonchev–Trinajstić information content (AvgIpc) is 3.37. The van der Waals surface area contributed by atoms with Gasteiger partial charge in [-0.05, 0) is 37.7 Å². The fraction of sp³-hybridized carbons (Fsp3) is 0.562. The predicted octanol–water partition coefficient (Wildman–Crippen LogP) is 1.58. The van der Waals surface area contributed by atoms with E-state index in [0.29, 0.717) is 23.3 Å². The van der Waals surface area contributed by atoms with Crippen molar-refractivity contribution in [3.63, 3.8) is 0 Å². The molecule has 0 bridgehead atoms. The molecule has 3 N–H and O–H groups in total. The second-order valence-electron chi connectivity index (χ2n) is 6.37. The summed E-state index contributed by atoms with van der Waals surface area (Å²) in [7, 11) is 0. The Morgan fingerprint density at radius 1 is 1.39 bits per heavy atom. The molecular weight excluding hydrogens is 316 g/mol. The van der Waals surface area contributed by atoms with Crippen LogP contribution in [0.25, 0.3) is 0 Å². The van der Waals surface area contributed by atoms with Crippen molar-refractivity contribution >= 4 is 29.2 Å². The maximum absolute atomic E-state index is 12.3. The Balaban J connectivity index is 1.65. The molecule has 2 amide bonds. The highest BCUT2D eigenvalue weighted by molar-refractivity contribution is 6.33. The van der Waals surface area contributed by atoms with Crippen LogP contribution in [0, 0.1) is 11.8 Å². The van der Waals surface area contributed by atoms with E-state index in [-0.39, 0.29) is 17.4 Å². The number of carbonyl (C=O) groups excluding carboxylic acids is 2. The molecule has 2 heterocycles. The molecule has 2 fully saturated rings. The molecule has 1 aromatic rings. The number of primary amides is 1. The lowest BCUT2D eigenvalue weighted by Gasteiger charge is -2.33. The second kappa shape index (κ2) is 6.74. The Bertz CT molecular complexity index is 618. The molecular formula is C16H21ClN4O2. The molecule has 124 valence electrons. The van der Waals surface area contributed by atoms with Crippen molar-refractivity contribution in [2.75, 3.05) is 24.5 Å². The highest BCUT2D eigenvalue weighted by atomic mass is 35.5. The summed E-state index contributed by atoms with van der Waals surface area (Å²) in [4.78, 5) is 29.7. The van der Waals surface area contributed by atoms with Crippen molar-refractivity contribution < 1.29 is 9.59 Å². The lowest BCUT2D eigenvalue weighted by atomic mass is 9.97. The molecule has 1 aromatic heterocycles. The zero-order chi connectivity index (χ0) is 16.4. The van der Waals surface area contributed by atoms with Crippen molar-refractivity contribution in [3.05, 3.63) is 22.8 Å². The zero-order valence-electron chi connectivity index (χ0n) is 12.9. The van der Waals surface area contributed by atoms with Crippen LogP contribution in [0.2, 0.25) is 5.02 Å². The minimum atomic E-state index is -0.554. The van der Waals surface area contributed by atoms with Crippen LogP contribution in [0.5, 0.6) is 0 Å². The van der Waals surface area contributed by atoms with Gasteiger partial charge in [0, 0.05) is 25.8 Å². The van der Waals surface area contributed by atoms with Crippen molar-refractivity contribution in [1.29, 1.82) is 0 Å². The molecule has 1 aliphatic carbocycles. The third kappa shape index (κ3) is 3.93. The van der Waals surface area contributed by atoms with Gasteiger partial charge in [-0.3, -0.25) is 9.59 Å². The number of pyridine rings is 1. The van der Waals surface area contributed by atoms with E-state index in [1.807, 2.05) is 4.90 Å². The van der Waals surface area contributed by atoms with Gasteiger partial charge in [0.25, 0.3) is 0 Å². The summed E-state index contributed by atoms with van der Waals surface area (Å²) < 4.78 is 0. The van der Waals surface area contributed by atoms with Gasteiger partial charge >= 0.3 is 0 Å². The molecule has 6 nitrogen and oxygen atoms in total. The summed E-state index contributed by atoms with van der Waals surface area (Å²) in [6.45, 7) is 2.19. The van der Waals surface area contributed by atoms with Crippen LogP contribution in [0.15, 0.2) is 12.3 Å². The minimum Gasteiger partial charge on any atom is -0.366 e. The average molecular weight is 337 g/mol. The van der Waals surface area contributed by atoms with Crippen LogP contribution in [-0.2, 0) is 4.79 Å². The van der Waals surface area contributed by atoms with E-state index in [4.69, 9.17) is 17.3 Å². The van der Waals surface area contributed by atoms with E-state index in [1.54, 1.807) is 0 Å². The topological polar surface area (TPSA) is 88.3 Å². The van der Waals surface area contributed by atoms with Gasteiger partial charge in [-0.25, -0.2) is 4.98 Å². The number of hydrogen-bond acceptors (Lipinski definition) is 4. The SMILES string of the molecule is NC(=O)c1cnc(N2CCC[C@H](C(=O)NCC3CC3)C2)c(Cl)c1. The van der Waals surface area contributed by atoms with Gasteiger partial charge in [0.2, 0.25) is 11.8 Å². The number of nitrogens with one attached hydrogen (secondary N) is 1. The smallest absolute Gasteiger partial charge is 0.250 e. The first-order valence-corrected chi connectivity index (χ1v) is 8.40. The quantitative estimate of drug-likeness (QED) is 0.854. The summed E-state index contributed by atoms with van der Waals surface area (Å²) in [6.07, 6.45) is 5.67. The van der Waals surface area contributed by atoms with Crippen LogP contribution in [0.3, 0.4) is 0 Å². The number of rotatable bonds is 5. The maximum Gasteiger partial charge on any atom is 0.250 e. The predicted molar refractivity (Wildman–Crippen MR) is 88.4 cm³/mol. The van der Waals surface area contributed by atoms with E-state index in [1.165, 1.54) is 25.1 Å². The Labute approximate surface area is 140 Å². The Hall–Kier alpha value is -1.82. The normalized spacial score (nSPS) is 21.1. The maximum atomic E-state index is 12.3. The number of piperidine rings is 1. The summed E-state index contributed by atoms with van der Waals surface area (Å²) in [5.41, 5.74) is 5.52. The molecule has 0 unspecified atom stereocenters. The van der Waals surface area contributed by atoms with E-state index < -0.39 is 5.91 Å². The summed E-state index contributed by atoms with van der Waals surface area (Å²) >= 11 is 6.23. The zero-order valence-corrected chi connectivity index (χ0v) is 13.7. The molecule has 0 spiro atoms. The Kier molecular flexibility index (Phi) is 4.71. The molecule has 1 aliphatic heterocycles.